The normalized spacial score (nSPS) is 16.7. The number of likely N-dealkylation sites (tertiary alicyclic amines) is 1. The Kier molecular flexibility index (Phi) is 6.42. The van der Waals surface area contributed by atoms with E-state index in [1.165, 1.54) is 0 Å². The fourth-order valence-electron chi connectivity index (χ4n) is 4.44. The third-order valence-electron chi connectivity index (χ3n) is 5.98. The molecule has 1 atom stereocenters. The van der Waals surface area contributed by atoms with Crippen molar-refractivity contribution in [2.45, 2.75) is 49.8 Å². The molecule has 1 fully saturated rings. The van der Waals surface area contributed by atoms with Gasteiger partial charge in [-0.3, -0.25) is 4.79 Å². The third-order valence-corrected chi connectivity index (χ3v) is 7.78. The van der Waals surface area contributed by atoms with E-state index in [-0.39, 0.29) is 17.7 Å². The van der Waals surface area contributed by atoms with Gasteiger partial charge in [-0.25, -0.2) is 13.4 Å². The highest BCUT2D eigenvalue weighted by molar-refractivity contribution is 7.90. The van der Waals surface area contributed by atoms with E-state index in [1.807, 2.05) is 36.1 Å². The summed E-state index contributed by atoms with van der Waals surface area (Å²) >= 11 is 0. The molecular weight excluding hydrogens is 420 g/mol. The zero-order chi connectivity index (χ0) is 22.7. The molecule has 166 valence electrons. The van der Waals surface area contributed by atoms with E-state index in [4.69, 9.17) is 0 Å². The summed E-state index contributed by atoms with van der Waals surface area (Å²) in [4.78, 5) is 20.0. The van der Waals surface area contributed by atoms with Gasteiger partial charge in [-0.2, -0.15) is 0 Å². The zero-order valence-electron chi connectivity index (χ0n) is 18.5. The molecule has 1 unspecified atom stereocenters. The lowest BCUT2D eigenvalue weighted by molar-refractivity contribution is 0.0605. The van der Waals surface area contributed by atoms with Crippen LogP contribution in [0.25, 0.3) is 0 Å². The van der Waals surface area contributed by atoms with Gasteiger partial charge in [0.15, 0.2) is 9.84 Å². The maximum atomic E-state index is 13.4. The molecule has 2 aromatic carbocycles. The lowest BCUT2D eigenvalue weighted by Crippen LogP contribution is -2.39. The van der Waals surface area contributed by atoms with Gasteiger partial charge >= 0.3 is 0 Å². The Balaban J connectivity index is 1.59. The Morgan fingerprint density at radius 2 is 1.78 bits per heavy atom. The van der Waals surface area contributed by atoms with Crippen LogP contribution in [0, 0.1) is 13.8 Å². The van der Waals surface area contributed by atoms with Crippen molar-refractivity contribution in [2.75, 3.05) is 6.54 Å². The summed E-state index contributed by atoms with van der Waals surface area (Å²) in [6, 6.07) is 20.4. The van der Waals surface area contributed by atoms with Crippen LogP contribution in [0.3, 0.4) is 0 Å². The highest BCUT2D eigenvalue weighted by atomic mass is 32.2. The monoisotopic (exact) mass is 448 g/mol. The third kappa shape index (κ3) is 4.75. The number of rotatable bonds is 5. The second kappa shape index (κ2) is 9.25. The van der Waals surface area contributed by atoms with Crippen molar-refractivity contribution in [1.29, 1.82) is 0 Å². The summed E-state index contributed by atoms with van der Waals surface area (Å²) in [5.74, 6) is -0.385. The van der Waals surface area contributed by atoms with Gasteiger partial charge < -0.3 is 4.90 Å². The highest BCUT2D eigenvalue weighted by Gasteiger charge is 2.29. The predicted molar refractivity (Wildman–Crippen MR) is 125 cm³/mol. The average Bonchev–Trinajstić information content (AvgIpc) is 2.79. The largest absolute Gasteiger partial charge is 0.330 e. The molecular formula is C26H28N2O3S. The number of carbonyl (C=O) groups is 1. The van der Waals surface area contributed by atoms with Gasteiger partial charge in [0.25, 0.3) is 5.91 Å². The van der Waals surface area contributed by atoms with E-state index in [9.17, 15) is 13.2 Å². The van der Waals surface area contributed by atoms with Crippen molar-refractivity contribution in [3.8, 4) is 0 Å². The van der Waals surface area contributed by atoms with Crippen LogP contribution < -0.4 is 0 Å². The number of sulfone groups is 1. The zero-order valence-corrected chi connectivity index (χ0v) is 19.3. The highest BCUT2D eigenvalue weighted by Crippen LogP contribution is 2.32. The number of pyridine rings is 1. The Morgan fingerprint density at radius 3 is 2.53 bits per heavy atom. The second-order valence-corrected chi connectivity index (χ2v) is 10.4. The number of nitrogens with zero attached hydrogens (tertiary/aromatic N) is 2. The smallest absolute Gasteiger partial charge is 0.272 e. The molecule has 0 spiro atoms. The number of hydrogen-bond donors (Lipinski definition) is 0. The number of carbonyl (C=O) groups excluding carboxylic acids is 1. The summed E-state index contributed by atoms with van der Waals surface area (Å²) in [6.45, 7) is 4.40. The number of piperidine rings is 1. The Hall–Kier alpha value is -2.99. The van der Waals surface area contributed by atoms with E-state index in [2.05, 4.69) is 17.1 Å². The minimum Gasteiger partial charge on any atom is -0.330 e. The molecule has 2 heterocycles. The van der Waals surface area contributed by atoms with Gasteiger partial charge in [0, 0.05) is 6.54 Å². The molecule has 0 bridgehead atoms. The van der Waals surface area contributed by atoms with Crippen LogP contribution >= 0.6 is 0 Å². The minimum atomic E-state index is -3.57. The maximum Gasteiger partial charge on any atom is 0.272 e. The van der Waals surface area contributed by atoms with Crippen LogP contribution in [0.2, 0.25) is 0 Å². The molecule has 5 nitrogen and oxygen atoms in total. The molecule has 0 saturated carbocycles. The molecule has 1 aromatic heterocycles. The minimum absolute atomic E-state index is 0.0156. The first-order valence-corrected chi connectivity index (χ1v) is 12.6. The standard InChI is InChI=1S/C26H28N2O3S/c1-19-14-15-25(20(2)17-19)32(30,31)18-22-11-8-12-23(27-22)26(29)28-16-7-6-13-24(28)21-9-4-3-5-10-21/h3-5,8-12,14-15,17,24H,6-7,13,16,18H2,1-2H3. The van der Waals surface area contributed by atoms with Gasteiger partial charge in [-0.05, 0) is 62.4 Å². The molecule has 0 radical (unpaired) electrons. The number of amides is 1. The molecule has 4 rings (SSSR count). The first-order valence-electron chi connectivity index (χ1n) is 11.0. The molecule has 3 aromatic rings. The van der Waals surface area contributed by atoms with Gasteiger partial charge in [0.05, 0.1) is 22.4 Å². The SMILES string of the molecule is Cc1ccc(S(=O)(=O)Cc2cccc(C(=O)N3CCCCC3c3ccccc3)n2)c(C)c1. The summed E-state index contributed by atoms with van der Waals surface area (Å²) in [5, 5.41) is 0. The summed E-state index contributed by atoms with van der Waals surface area (Å²) < 4.78 is 26.0. The van der Waals surface area contributed by atoms with Gasteiger partial charge in [0.2, 0.25) is 0 Å². The van der Waals surface area contributed by atoms with Crippen molar-refractivity contribution >= 4 is 15.7 Å². The molecule has 6 heteroatoms. The topological polar surface area (TPSA) is 67.3 Å². The van der Waals surface area contributed by atoms with Crippen molar-refractivity contribution in [1.82, 2.24) is 9.88 Å². The first kappa shape index (κ1) is 22.2. The van der Waals surface area contributed by atoms with Crippen molar-refractivity contribution in [2.24, 2.45) is 0 Å². The van der Waals surface area contributed by atoms with Crippen molar-refractivity contribution in [3.05, 3.63) is 94.8 Å². The van der Waals surface area contributed by atoms with Crippen LogP contribution in [0.5, 0.6) is 0 Å². The number of aromatic nitrogens is 1. The number of hydrogen-bond acceptors (Lipinski definition) is 4. The lowest BCUT2D eigenvalue weighted by Gasteiger charge is -2.36. The molecule has 1 aliphatic heterocycles. The van der Waals surface area contributed by atoms with Crippen LogP contribution in [-0.2, 0) is 15.6 Å². The molecule has 0 aliphatic carbocycles. The Labute approximate surface area is 190 Å². The molecule has 1 saturated heterocycles. The average molecular weight is 449 g/mol. The second-order valence-electron chi connectivity index (χ2n) is 8.46. The van der Waals surface area contributed by atoms with E-state index in [0.717, 1.165) is 36.0 Å². The maximum absolute atomic E-state index is 13.4. The number of benzene rings is 2. The van der Waals surface area contributed by atoms with Crippen LogP contribution in [0.1, 0.15) is 58.2 Å². The summed E-state index contributed by atoms with van der Waals surface area (Å²) in [7, 11) is -3.57. The predicted octanol–water partition coefficient (Wildman–Crippen LogP) is 5.04. The van der Waals surface area contributed by atoms with Crippen molar-refractivity contribution < 1.29 is 13.2 Å². The molecule has 1 amide bonds. The van der Waals surface area contributed by atoms with Crippen LogP contribution in [-0.4, -0.2) is 30.8 Å². The van der Waals surface area contributed by atoms with E-state index in [0.29, 0.717) is 22.8 Å². The lowest BCUT2D eigenvalue weighted by atomic mass is 9.95. The Bertz CT molecular complexity index is 1220. The number of aryl methyl sites for hydroxylation is 2. The van der Waals surface area contributed by atoms with E-state index in [1.54, 1.807) is 37.3 Å². The van der Waals surface area contributed by atoms with Crippen LogP contribution in [0.4, 0.5) is 0 Å². The first-order chi connectivity index (χ1) is 15.3. The van der Waals surface area contributed by atoms with E-state index < -0.39 is 9.84 Å². The van der Waals surface area contributed by atoms with Gasteiger partial charge in [-0.1, -0.05) is 54.1 Å². The fourth-order valence-corrected chi connectivity index (χ4v) is 5.97. The van der Waals surface area contributed by atoms with Crippen molar-refractivity contribution in [3.63, 3.8) is 0 Å². The Morgan fingerprint density at radius 1 is 1.00 bits per heavy atom. The van der Waals surface area contributed by atoms with E-state index >= 15 is 0 Å². The van der Waals surface area contributed by atoms with Crippen LogP contribution in [0.15, 0.2) is 71.6 Å². The molecule has 32 heavy (non-hydrogen) atoms. The molecule has 1 aliphatic rings. The van der Waals surface area contributed by atoms with Gasteiger partial charge in [0.1, 0.15) is 5.69 Å². The summed E-state index contributed by atoms with van der Waals surface area (Å²) in [6.07, 6.45) is 2.94. The van der Waals surface area contributed by atoms with Gasteiger partial charge in [-0.15, -0.1) is 0 Å². The molecule has 0 N–H and O–H groups in total. The summed E-state index contributed by atoms with van der Waals surface area (Å²) in [5.41, 5.74) is 3.53. The fraction of sp³-hybridized carbons (Fsp3) is 0.308. The quantitative estimate of drug-likeness (QED) is 0.548.